The van der Waals surface area contributed by atoms with Crippen LogP contribution in [0, 0.1) is 0 Å². The molecule has 1 heterocycles. The molecule has 0 aliphatic heterocycles. The molecule has 7 nitrogen and oxygen atoms in total. The highest BCUT2D eigenvalue weighted by atomic mass is 32.1. The van der Waals surface area contributed by atoms with Gasteiger partial charge in [0.05, 0.1) is 11.2 Å². The minimum absolute atomic E-state index is 0.139. The Kier molecular flexibility index (Phi) is 6.02. The molecule has 0 saturated heterocycles. The van der Waals surface area contributed by atoms with E-state index in [0.29, 0.717) is 24.1 Å². The van der Waals surface area contributed by atoms with Gasteiger partial charge in [-0.2, -0.15) is 0 Å². The van der Waals surface area contributed by atoms with Gasteiger partial charge in [-0.25, -0.2) is 4.98 Å². The van der Waals surface area contributed by atoms with Gasteiger partial charge in [-0.1, -0.05) is 0 Å². The number of aliphatic carboxylic acids is 1. The van der Waals surface area contributed by atoms with Gasteiger partial charge in [0.25, 0.3) is 5.91 Å². The fraction of sp³-hybridized carbons (Fsp3) is 0.250. The lowest BCUT2D eigenvalue weighted by Gasteiger charge is -2.10. The molecule has 0 spiro atoms. The molecule has 0 bridgehead atoms. The number of aromatic nitrogens is 1. The van der Waals surface area contributed by atoms with E-state index < -0.39 is 17.9 Å². The van der Waals surface area contributed by atoms with E-state index in [1.54, 1.807) is 17.6 Å². The van der Waals surface area contributed by atoms with Gasteiger partial charge in [0, 0.05) is 23.1 Å². The number of carboxylic acid groups (broad SMARTS) is 1. The van der Waals surface area contributed by atoms with E-state index in [0.717, 1.165) is 5.69 Å². The van der Waals surface area contributed by atoms with Gasteiger partial charge < -0.3 is 15.7 Å². The maximum absolute atomic E-state index is 11.9. The Labute approximate surface area is 142 Å². The molecule has 0 aliphatic carbocycles. The molecule has 0 fully saturated rings. The molecule has 1 unspecified atom stereocenters. The van der Waals surface area contributed by atoms with Gasteiger partial charge in [-0.3, -0.25) is 14.4 Å². The van der Waals surface area contributed by atoms with Crippen LogP contribution in [0.5, 0.6) is 0 Å². The third kappa shape index (κ3) is 5.17. The summed E-state index contributed by atoms with van der Waals surface area (Å²) in [5, 5.41) is 15.8. The van der Waals surface area contributed by atoms with Crippen molar-refractivity contribution >= 4 is 34.8 Å². The Bertz CT molecular complexity index is 713. The topological polar surface area (TPSA) is 108 Å². The first-order chi connectivity index (χ1) is 11.5. The van der Waals surface area contributed by atoms with E-state index in [1.807, 2.05) is 5.38 Å². The molecule has 0 aliphatic rings. The highest BCUT2D eigenvalue weighted by Crippen LogP contribution is 2.11. The highest BCUT2D eigenvalue weighted by Gasteiger charge is 2.15. The second-order valence-electron chi connectivity index (χ2n) is 5.14. The predicted molar refractivity (Wildman–Crippen MR) is 90.1 cm³/mol. The van der Waals surface area contributed by atoms with Crippen LogP contribution in [0.3, 0.4) is 0 Å². The number of nitrogens with one attached hydrogen (secondary N) is 2. The third-order valence-corrected chi connectivity index (χ3v) is 3.88. The summed E-state index contributed by atoms with van der Waals surface area (Å²) in [5.41, 5.74) is 3.50. The molecule has 1 aromatic heterocycles. The van der Waals surface area contributed by atoms with Crippen LogP contribution in [0.15, 0.2) is 35.2 Å². The Hall–Kier alpha value is -2.74. The van der Waals surface area contributed by atoms with Gasteiger partial charge in [-0.15, -0.1) is 11.3 Å². The van der Waals surface area contributed by atoms with E-state index >= 15 is 0 Å². The van der Waals surface area contributed by atoms with Crippen LogP contribution >= 0.6 is 11.3 Å². The molecule has 8 heteroatoms. The molecule has 1 atom stereocenters. The summed E-state index contributed by atoms with van der Waals surface area (Å²) in [5.74, 6) is -1.72. The molecule has 24 heavy (non-hydrogen) atoms. The molecule has 3 N–H and O–H groups in total. The summed E-state index contributed by atoms with van der Waals surface area (Å²) in [6.45, 7) is 1.39. The monoisotopic (exact) mass is 347 g/mol. The van der Waals surface area contributed by atoms with Crippen LogP contribution in [0.2, 0.25) is 0 Å². The number of rotatable bonds is 7. The Morgan fingerprint density at radius 1 is 1.25 bits per heavy atom. The van der Waals surface area contributed by atoms with Gasteiger partial charge in [0.1, 0.15) is 6.04 Å². The number of carbonyl (C=O) groups excluding carboxylic acids is 2. The number of carbonyl (C=O) groups is 3. The largest absolute Gasteiger partial charge is 0.480 e. The lowest BCUT2D eigenvalue weighted by Crippen LogP contribution is -2.38. The zero-order valence-corrected chi connectivity index (χ0v) is 13.8. The van der Waals surface area contributed by atoms with Crippen molar-refractivity contribution in [2.45, 2.75) is 25.8 Å². The summed E-state index contributed by atoms with van der Waals surface area (Å²) in [6.07, 6.45) is 0.894. The number of aryl methyl sites for hydroxylation is 1. The van der Waals surface area contributed by atoms with Crippen LogP contribution in [0.25, 0.3) is 0 Å². The van der Waals surface area contributed by atoms with Crippen molar-refractivity contribution in [3.05, 3.63) is 46.4 Å². The Balaban J connectivity index is 1.86. The average molecular weight is 347 g/mol. The molecule has 0 saturated carbocycles. The fourth-order valence-electron chi connectivity index (χ4n) is 1.87. The first-order valence-electron chi connectivity index (χ1n) is 7.26. The first kappa shape index (κ1) is 17.6. The molecular formula is C16H17N3O4S. The van der Waals surface area contributed by atoms with Crippen LogP contribution in [0.4, 0.5) is 5.69 Å². The molecule has 2 aromatic rings. The van der Waals surface area contributed by atoms with E-state index in [4.69, 9.17) is 5.11 Å². The normalized spacial score (nSPS) is 11.5. The van der Waals surface area contributed by atoms with Crippen molar-refractivity contribution < 1.29 is 19.5 Å². The lowest BCUT2D eigenvalue weighted by molar-refractivity contribution is -0.138. The number of carboxylic acids is 1. The van der Waals surface area contributed by atoms with Crippen LogP contribution in [0.1, 0.15) is 29.4 Å². The van der Waals surface area contributed by atoms with Gasteiger partial charge in [0.15, 0.2) is 0 Å². The predicted octanol–water partition coefficient (Wildman–Crippen LogP) is 1.92. The zero-order chi connectivity index (χ0) is 17.5. The molecular weight excluding hydrogens is 330 g/mol. The van der Waals surface area contributed by atoms with Crippen molar-refractivity contribution in [3.8, 4) is 0 Å². The molecule has 2 rings (SSSR count). The van der Waals surface area contributed by atoms with Gasteiger partial charge in [0.2, 0.25) is 5.91 Å². The first-order valence-corrected chi connectivity index (χ1v) is 8.20. The van der Waals surface area contributed by atoms with Crippen molar-refractivity contribution in [2.75, 3.05) is 5.32 Å². The maximum Gasteiger partial charge on any atom is 0.325 e. The summed E-state index contributed by atoms with van der Waals surface area (Å²) in [7, 11) is 0. The van der Waals surface area contributed by atoms with Crippen molar-refractivity contribution in [3.63, 3.8) is 0 Å². The number of hydrogen-bond acceptors (Lipinski definition) is 5. The van der Waals surface area contributed by atoms with Crippen molar-refractivity contribution in [1.82, 2.24) is 10.3 Å². The second kappa shape index (κ2) is 8.21. The number of benzene rings is 1. The zero-order valence-electron chi connectivity index (χ0n) is 13.0. The standard InChI is InChI=1S/C16H17N3O4S/c1-10(16(22)23)18-15(21)11-2-4-12(5-3-11)19-14(20)7-6-13-8-24-9-17-13/h2-5,8-10H,6-7H2,1H3,(H,18,21)(H,19,20)(H,22,23). The fourth-order valence-corrected chi connectivity index (χ4v) is 2.47. The number of hydrogen-bond donors (Lipinski definition) is 3. The maximum atomic E-state index is 11.9. The smallest absolute Gasteiger partial charge is 0.325 e. The number of nitrogens with zero attached hydrogens (tertiary/aromatic N) is 1. The van der Waals surface area contributed by atoms with E-state index in [9.17, 15) is 14.4 Å². The molecule has 126 valence electrons. The summed E-state index contributed by atoms with van der Waals surface area (Å²) >= 11 is 1.49. The van der Waals surface area contributed by atoms with Crippen LogP contribution < -0.4 is 10.6 Å². The molecule has 1 aromatic carbocycles. The summed E-state index contributed by atoms with van der Waals surface area (Å²) < 4.78 is 0. The summed E-state index contributed by atoms with van der Waals surface area (Å²) in [4.78, 5) is 38.6. The third-order valence-electron chi connectivity index (χ3n) is 3.24. The Morgan fingerprint density at radius 2 is 1.96 bits per heavy atom. The number of thiazole rings is 1. The van der Waals surface area contributed by atoms with E-state index in [1.165, 1.54) is 30.4 Å². The number of amides is 2. The van der Waals surface area contributed by atoms with Gasteiger partial charge in [-0.05, 0) is 37.6 Å². The summed E-state index contributed by atoms with van der Waals surface area (Å²) in [6, 6.07) is 5.28. The minimum atomic E-state index is -1.10. The van der Waals surface area contributed by atoms with Crippen molar-refractivity contribution in [1.29, 1.82) is 0 Å². The second-order valence-corrected chi connectivity index (χ2v) is 5.86. The SMILES string of the molecule is CC(NC(=O)c1ccc(NC(=O)CCc2cscn2)cc1)C(=O)O. The molecule has 2 amide bonds. The average Bonchev–Trinajstić information content (AvgIpc) is 3.07. The Morgan fingerprint density at radius 3 is 2.54 bits per heavy atom. The number of anilines is 1. The van der Waals surface area contributed by atoms with Crippen LogP contribution in [-0.4, -0.2) is 33.9 Å². The van der Waals surface area contributed by atoms with Gasteiger partial charge >= 0.3 is 5.97 Å². The minimum Gasteiger partial charge on any atom is -0.480 e. The molecule has 0 radical (unpaired) electrons. The highest BCUT2D eigenvalue weighted by molar-refractivity contribution is 7.07. The van der Waals surface area contributed by atoms with E-state index in [2.05, 4.69) is 15.6 Å². The van der Waals surface area contributed by atoms with Crippen molar-refractivity contribution in [2.24, 2.45) is 0 Å². The lowest BCUT2D eigenvalue weighted by atomic mass is 10.1. The van der Waals surface area contributed by atoms with E-state index in [-0.39, 0.29) is 5.91 Å². The quantitative estimate of drug-likeness (QED) is 0.709. The van der Waals surface area contributed by atoms with Crippen LogP contribution in [-0.2, 0) is 16.0 Å².